The molecule has 3 aliphatic rings. The number of benzene rings is 2. The highest BCUT2D eigenvalue weighted by atomic mass is 35.5. The number of piperidine rings is 1. The van der Waals surface area contributed by atoms with Crippen molar-refractivity contribution in [2.45, 2.75) is 45.4 Å². The number of halogens is 3. The first-order valence-corrected chi connectivity index (χ1v) is 12.8. The van der Waals surface area contributed by atoms with Gasteiger partial charge in [0.05, 0.1) is 19.3 Å². The van der Waals surface area contributed by atoms with Crippen LogP contribution in [-0.4, -0.2) is 55.8 Å². The van der Waals surface area contributed by atoms with Crippen molar-refractivity contribution in [2.24, 2.45) is 0 Å². The van der Waals surface area contributed by atoms with Crippen LogP contribution in [0.1, 0.15) is 36.5 Å². The molecule has 0 atom stereocenters. The molecule has 9 nitrogen and oxygen atoms in total. The second-order valence-electron chi connectivity index (χ2n) is 9.49. The number of rotatable bonds is 5. The number of nitrogens with zero attached hydrogens (tertiary/aromatic N) is 2. The van der Waals surface area contributed by atoms with Gasteiger partial charge in [-0.25, -0.2) is 4.79 Å². The maximum absolute atomic E-state index is 14.4. The van der Waals surface area contributed by atoms with Crippen molar-refractivity contribution in [1.82, 2.24) is 5.06 Å². The molecule has 1 amide bonds. The number of hydroxylamine groups is 2. The summed E-state index contributed by atoms with van der Waals surface area (Å²) >= 11 is 6.28. The van der Waals surface area contributed by atoms with E-state index >= 15 is 0 Å². The molecule has 39 heavy (non-hydrogen) atoms. The predicted molar refractivity (Wildman–Crippen MR) is 137 cm³/mol. The van der Waals surface area contributed by atoms with Crippen LogP contribution in [0, 0.1) is 13.8 Å². The Bertz CT molecular complexity index is 1350. The normalized spacial score (nSPS) is 19.7. The van der Waals surface area contributed by atoms with Crippen LogP contribution in [0.5, 0.6) is 11.5 Å². The molecule has 12 heteroatoms. The Morgan fingerprint density at radius 1 is 1.08 bits per heavy atom. The summed E-state index contributed by atoms with van der Waals surface area (Å²) in [7, 11) is 1.55. The first-order valence-electron chi connectivity index (χ1n) is 12.4. The Morgan fingerprint density at radius 3 is 2.33 bits per heavy atom. The van der Waals surface area contributed by atoms with Crippen LogP contribution in [0.15, 0.2) is 36.1 Å². The van der Waals surface area contributed by atoms with E-state index in [9.17, 15) is 18.4 Å². The number of hydrogen-bond donors (Lipinski definition) is 0. The molecule has 1 saturated heterocycles. The van der Waals surface area contributed by atoms with Crippen LogP contribution in [0.3, 0.4) is 0 Å². The highest BCUT2D eigenvalue weighted by Crippen LogP contribution is 2.52. The van der Waals surface area contributed by atoms with Crippen LogP contribution in [-0.2, 0) is 19.1 Å². The molecule has 1 fully saturated rings. The molecule has 0 aliphatic carbocycles. The predicted octanol–water partition coefficient (Wildman–Crippen LogP) is 5.61. The van der Waals surface area contributed by atoms with Crippen LogP contribution in [0.4, 0.5) is 19.3 Å². The van der Waals surface area contributed by atoms with E-state index in [4.69, 9.17) is 25.9 Å². The molecule has 1 spiro atoms. The van der Waals surface area contributed by atoms with Crippen LogP contribution < -0.4 is 14.4 Å². The largest absolute Gasteiger partial charge is 0.586 e. The molecule has 0 saturated carbocycles. The Kier molecular flexibility index (Phi) is 6.94. The van der Waals surface area contributed by atoms with E-state index < -0.39 is 23.9 Å². The number of carbonyl (C=O) groups is 2. The number of fused-ring (bicyclic) bond motifs is 1. The van der Waals surface area contributed by atoms with E-state index in [2.05, 4.69) is 9.47 Å². The molecule has 2 aromatic carbocycles. The van der Waals surface area contributed by atoms with Gasteiger partial charge in [0, 0.05) is 29.9 Å². The smallest absolute Gasteiger partial charge is 0.434 e. The van der Waals surface area contributed by atoms with Gasteiger partial charge in [-0.2, -0.15) is 5.06 Å². The van der Waals surface area contributed by atoms with Crippen molar-refractivity contribution in [3.63, 3.8) is 0 Å². The van der Waals surface area contributed by atoms with E-state index in [0.717, 1.165) is 0 Å². The lowest BCUT2D eigenvalue weighted by atomic mass is 9.84. The Labute approximate surface area is 228 Å². The summed E-state index contributed by atoms with van der Waals surface area (Å²) < 4.78 is 47.8. The average Bonchev–Trinajstić information content (AvgIpc) is 3.28. The van der Waals surface area contributed by atoms with Crippen LogP contribution in [0.2, 0.25) is 5.02 Å². The Hall–Kier alpha value is -3.41. The fourth-order valence-corrected chi connectivity index (χ4v) is 5.90. The zero-order valence-corrected chi connectivity index (χ0v) is 22.6. The Balaban J connectivity index is 1.72. The summed E-state index contributed by atoms with van der Waals surface area (Å²) in [6, 6.07) is 7.58. The molecule has 0 radical (unpaired) electrons. The average molecular weight is 565 g/mol. The Morgan fingerprint density at radius 2 is 1.72 bits per heavy atom. The van der Waals surface area contributed by atoms with Crippen LogP contribution in [0.25, 0.3) is 5.57 Å². The molecule has 5 rings (SSSR count). The monoisotopic (exact) mass is 564 g/mol. The van der Waals surface area contributed by atoms with Crippen molar-refractivity contribution in [3.05, 3.63) is 57.8 Å². The van der Waals surface area contributed by atoms with E-state index in [1.807, 2.05) is 13.8 Å². The van der Waals surface area contributed by atoms with E-state index in [-0.39, 0.29) is 35.1 Å². The van der Waals surface area contributed by atoms with Gasteiger partial charge in [0.15, 0.2) is 17.3 Å². The van der Waals surface area contributed by atoms with E-state index in [1.54, 1.807) is 31.2 Å². The number of carbonyl (C=O) groups excluding carboxylic acids is 2. The molecule has 208 valence electrons. The molecule has 3 heterocycles. The van der Waals surface area contributed by atoms with E-state index in [0.29, 0.717) is 47.6 Å². The molecule has 0 unspecified atom stereocenters. The van der Waals surface area contributed by atoms with Crippen molar-refractivity contribution in [2.75, 3.05) is 31.7 Å². The van der Waals surface area contributed by atoms with E-state index in [1.165, 1.54) is 23.1 Å². The van der Waals surface area contributed by atoms with Gasteiger partial charge in [-0.3, -0.25) is 9.69 Å². The van der Waals surface area contributed by atoms with Gasteiger partial charge in [0.25, 0.3) is 5.91 Å². The number of hydrogen-bond acceptors (Lipinski definition) is 8. The summed E-state index contributed by atoms with van der Waals surface area (Å²) in [6.45, 7) is 6.11. The molecule has 0 bridgehead atoms. The zero-order valence-electron chi connectivity index (χ0n) is 21.8. The van der Waals surface area contributed by atoms with Gasteiger partial charge in [-0.1, -0.05) is 11.6 Å². The zero-order chi connectivity index (χ0) is 28.1. The fourth-order valence-electron chi connectivity index (χ4n) is 5.57. The molecule has 3 aliphatic heterocycles. The van der Waals surface area contributed by atoms with Crippen molar-refractivity contribution < 1.29 is 42.2 Å². The van der Waals surface area contributed by atoms with Gasteiger partial charge in [0.1, 0.15) is 5.54 Å². The van der Waals surface area contributed by atoms with Crippen molar-refractivity contribution in [3.8, 4) is 11.5 Å². The maximum Gasteiger partial charge on any atom is 0.586 e. The number of alkyl halides is 2. The minimum Gasteiger partial charge on any atom is -0.434 e. The van der Waals surface area contributed by atoms with Crippen LogP contribution >= 0.6 is 11.6 Å². The standard InChI is InChI=1S/C27H27ClF2N2O7/c1-5-36-25(34)37-23-22(21-15(2)12-17(28)13-16(21)3)24(33)32(26(23)8-10-31(35-4)11-9-26)18-6-7-19-20(14-18)39-27(29,30)38-19/h6-7,12-14H,5,8-11H2,1-4H3. The number of ether oxygens (including phenoxy) is 4. The first-order chi connectivity index (χ1) is 18.5. The lowest BCUT2D eigenvalue weighted by molar-refractivity contribution is -0.286. The minimum atomic E-state index is -3.82. The number of anilines is 1. The van der Waals surface area contributed by atoms with Gasteiger partial charge in [-0.05, 0) is 74.6 Å². The van der Waals surface area contributed by atoms with Gasteiger partial charge in [0.2, 0.25) is 0 Å². The quantitative estimate of drug-likeness (QED) is 0.434. The number of aryl methyl sites for hydroxylation is 2. The van der Waals surface area contributed by atoms with Gasteiger partial charge in [-0.15, -0.1) is 8.78 Å². The topological polar surface area (TPSA) is 86.8 Å². The fraction of sp³-hybridized carbons (Fsp3) is 0.407. The highest BCUT2D eigenvalue weighted by molar-refractivity contribution is 6.33. The number of amides is 1. The first kappa shape index (κ1) is 27.2. The highest BCUT2D eigenvalue weighted by Gasteiger charge is 2.57. The third-order valence-electron chi connectivity index (χ3n) is 7.14. The van der Waals surface area contributed by atoms with Gasteiger partial charge >= 0.3 is 12.5 Å². The van der Waals surface area contributed by atoms with Crippen molar-refractivity contribution >= 4 is 34.9 Å². The molecular formula is C27H27ClF2N2O7. The summed E-state index contributed by atoms with van der Waals surface area (Å²) in [5.41, 5.74) is 1.24. The summed E-state index contributed by atoms with van der Waals surface area (Å²) in [5, 5.41) is 2.22. The lowest BCUT2D eigenvalue weighted by Crippen LogP contribution is -2.55. The third kappa shape index (κ3) is 4.68. The summed E-state index contributed by atoms with van der Waals surface area (Å²) in [5.74, 6) is -0.716. The molecule has 2 aromatic rings. The minimum absolute atomic E-state index is 0.0684. The summed E-state index contributed by atoms with van der Waals surface area (Å²) in [4.78, 5) is 34.1. The third-order valence-corrected chi connectivity index (χ3v) is 7.36. The summed E-state index contributed by atoms with van der Waals surface area (Å²) in [6.07, 6.45) is -4.17. The maximum atomic E-state index is 14.4. The molecule has 0 aromatic heterocycles. The second-order valence-corrected chi connectivity index (χ2v) is 9.92. The second kappa shape index (κ2) is 9.96. The molecular weight excluding hydrogens is 538 g/mol. The SMILES string of the molecule is CCOC(=O)OC1=C(c2c(C)cc(Cl)cc2C)C(=O)N(c2ccc3c(c2)OC(F)(F)O3)C12CCN(OC)CC2. The lowest BCUT2D eigenvalue weighted by Gasteiger charge is -2.44. The van der Waals surface area contributed by atoms with Gasteiger partial charge < -0.3 is 23.8 Å². The van der Waals surface area contributed by atoms with Crippen molar-refractivity contribution in [1.29, 1.82) is 0 Å². The molecule has 0 N–H and O–H groups in total.